The van der Waals surface area contributed by atoms with Gasteiger partial charge in [-0.3, -0.25) is 4.98 Å². The van der Waals surface area contributed by atoms with E-state index in [1.165, 1.54) is 18.2 Å². The van der Waals surface area contributed by atoms with Crippen molar-refractivity contribution in [3.05, 3.63) is 53.3 Å². The molecule has 0 amide bonds. The first-order chi connectivity index (χ1) is 9.49. The van der Waals surface area contributed by atoms with Crippen LogP contribution in [0.25, 0.3) is 0 Å². The fourth-order valence-corrected chi connectivity index (χ4v) is 2.94. The van der Waals surface area contributed by atoms with Crippen LogP contribution in [0.15, 0.2) is 47.6 Å². The molecule has 0 spiro atoms. The number of nitrogen functional groups attached to an aromatic ring is 1. The Labute approximate surface area is 122 Å². The Kier molecular flexibility index (Phi) is 4.59. The van der Waals surface area contributed by atoms with Crippen LogP contribution in [-0.4, -0.2) is 19.9 Å². The molecule has 0 saturated heterocycles. The third-order valence-electron chi connectivity index (χ3n) is 2.71. The molecule has 3 N–H and O–H groups in total. The van der Waals surface area contributed by atoms with Gasteiger partial charge in [-0.05, 0) is 36.2 Å². The van der Waals surface area contributed by atoms with E-state index in [-0.39, 0.29) is 16.5 Å². The predicted molar refractivity (Wildman–Crippen MR) is 79.0 cm³/mol. The second-order valence-electron chi connectivity index (χ2n) is 4.19. The number of halogens is 1. The molecule has 1 heterocycles. The summed E-state index contributed by atoms with van der Waals surface area (Å²) in [5.74, 6) is 0. The number of nitrogens with two attached hydrogens (primary N) is 1. The van der Waals surface area contributed by atoms with Crippen molar-refractivity contribution in [3.63, 3.8) is 0 Å². The molecular formula is C13H14ClN3O2S. The topological polar surface area (TPSA) is 85.1 Å². The summed E-state index contributed by atoms with van der Waals surface area (Å²) >= 11 is 5.82. The van der Waals surface area contributed by atoms with E-state index in [1.54, 1.807) is 12.4 Å². The highest BCUT2D eigenvalue weighted by atomic mass is 35.5. The van der Waals surface area contributed by atoms with Gasteiger partial charge in [0.15, 0.2) is 0 Å². The molecule has 2 rings (SSSR count). The molecule has 0 aliphatic heterocycles. The Balaban J connectivity index is 2.02. The number of nitrogens with zero attached hydrogens (tertiary/aromatic N) is 1. The van der Waals surface area contributed by atoms with Crippen LogP contribution in [0, 0.1) is 0 Å². The van der Waals surface area contributed by atoms with Crippen LogP contribution in [0.4, 0.5) is 5.69 Å². The summed E-state index contributed by atoms with van der Waals surface area (Å²) in [6, 6.07) is 7.93. The van der Waals surface area contributed by atoms with Crippen LogP contribution < -0.4 is 10.5 Å². The summed E-state index contributed by atoms with van der Waals surface area (Å²) in [6.45, 7) is 0.288. The average molecular weight is 312 g/mol. The molecule has 0 radical (unpaired) electrons. The highest BCUT2D eigenvalue weighted by Crippen LogP contribution is 2.22. The van der Waals surface area contributed by atoms with Gasteiger partial charge in [0, 0.05) is 18.9 Å². The Bertz CT molecular complexity index is 690. The molecule has 106 valence electrons. The van der Waals surface area contributed by atoms with Crippen LogP contribution in [0.1, 0.15) is 5.56 Å². The van der Waals surface area contributed by atoms with Crippen LogP contribution >= 0.6 is 11.6 Å². The number of nitrogens with one attached hydrogen (secondary N) is 1. The maximum Gasteiger partial charge on any atom is 0.240 e. The van der Waals surface area contributed by atoms with Gasteiger partial charge in [0.1, 0.15) is 0 Å². The number of pyridine rings is 1. The standard InChI is InChI=1S/C13H14ClN3O2S/c14-12-8-11(3-4-13(12)15)20(18,19)17-7-5-10-2-1-6-16-9-10/h1-4,6,8-9,17H,5,7,15H2. The first-order valence-electron chi connectivity index (χ1n) is 5.92. The molecular weight excluding hydrogens is 298 g/mol. The van der Waals surface area contributed by atoms with E-state index < -0.39 is 10.0 Å². The Hall–Kier alpha value is -1.63. The molecule has 1 aromatic heterocycles. The number of hydrogen-bond acceptors (Lipinski definition) is 4. The van der Waals surface area contributed by atoms with Crippen LogP contribution in [0.2, 0.25) is 5.02 Å². The molecule has 0 saturated carbocycles. The van der Waals surface area contributed by atoms with E-state index in [4.69, 9.17) is 17.3 Å². The van der Waals surface area contributed by atoms with Gasteiger partial charge in [0.05, 0.1) is 15.6 Å². The fourth-order valence-electron chi connectivity index (χ4n) is 1.63. The summed E-state index contributed by atoms with van der Waals surface area (Å²) < 4.78 is 26.6. The lowest BCUT2D eigenvalue weighted by molar-refractivity contribution is 0.581. The Morgan fingerprint density at radius 1 is 1.30 bits per heavy atom. The summed E-state index contributed by atoms with van der Waals surface area (Å²) in [4.78, 5) is 4.07. The molecule has 20 heavy (non-hydrogen) atoms. The molecule has 0 aliphatic carbocycles. The van der Waals surface area contributed by atoms with E-state index in [0.29, 0.717) is 12.1 Å². The largest absolute Gasteiger partial charge is 0.398 e. The number of hydrogen-bond donors (Lipinski definition) is 2. The molecule has 2 aromatic rings. The van der Waals surface area contributed by atoms with Crippen molar-refractivity contribution in [2.24, 2.45) is 0 Å². The van der Waals surface area contributed by atoms with Crippen molar-refractivity contribution in [1.29, 1.82) is 0 Å². The molecule has 1 aromatic carbocycles. The highest BCUT2D eigenvalue weighted by molar-refractivity contribution is 7.89. The molecule has 7 heteroatoms. The van der Waals surface area contributed by atoms with Crippen molar-refractivity contribution in [1.82, 2.24) is 9.71 Å². The van der Waals surface area contributed by atoms with Crippen LogP contribution in [-0.2, 0) is 16.4 Å². The van der Waals surface area contributed by atoms with Crippen LogP contribution in [0.5, 0.6) is 0 Å². The molecule has 0 bridgehead atoms. The lowest BCUT2D eigenvalue weighted by Crippen LogP contribution is -2.26. The maximum atomic E-state index is 12.1. The minimum atomic E-state index is -3.58. The van der Waals surface area contributed by atoms with Gasteiger partial charge in [-0.25, -0.2) is 13.1 Å². The highest BCUT2D eigenvalue weighted by Gasteiger charge is 2.14. The number of rotatable bonds is 5. The van der Waals surface area contributed by atoms with Gasteiger partial charge in [0.25, 0.3) is 0 Å². The number of aromatic nitrogens is 1. The average Bonchev–Trinajstić information content (AvgIpc) is 2.43. The number of sulfonamides is 1. The second kappa shape index (κ2) is 6.21. The quantitative estimate of drug-likeness (QED) is 0.825. The molecule has 0 fully saturated rings. The third-order valence-corrected chi connectivity index (χ3v) is 4.50. The summed E-state index contributed by atoms with van der Waals surface area (Å²) in [6.07, 6.45) is 3.94. The maximum absolute atomic E-state index is 12.1. The zero-order valence-corrected chi connectivity index (χ0v) is 12.2. The van der Waals surface area contributed by atoms with Crippen LogP contribution in [0.3, 0.4) is 0 Å². The fraction of sp³-hybridized carbons (Fsp3) is 0.154. The summed E-state index contributed by atoms with van der Waals surface area (Å²) in [7, 11) is -3.58. The van der Waals surface area contributed by atoms with E-state index in [9.17, 15) is 8.42 Å². The van der Waals surface area contributed by atoms with Gasteiger partial charge >= 0.3 is 0 Å². The molecule has 5 nitrogen and oxygen atoms in total. The Morgan fingerprint density at radius 2 is 2.10 bits per heavy atom. The lowest BCUT2D eigenvalue weighted by atomic mass is 10.2. The number of anilines is 1. The van der Waals surface area contributed by atoms with Gasteiger partial charge in [-0.2, -0.15) is 0 Å². The second-order valence-corrected chi connectivity index (χ2v) is 6.37. The van der Waals surface area contributed by atoms with Gasteiger partial charge in [-0.1, -0.05) is 17.7 Å². The first-order valence-corrected chi connectivity index (χ1v) is 7.79. The molecule has 0 atom stereocenters. The summed E-state index contributed by atoms with van der Waals surface area (Å²) in [5.41, 5.74) is 6.87. The number of benzene rings is 1. The SMILES string of the molecule is Nc1ccc(S(=O)(=O)NCCc2cccnc2)cc1Cl. The van der Waals surface area contributed by atoms with Gasteiger partial charge in [0.2, 0.25) is 10.0 Å². The summed E-state index contributed by atoms with van der Waals surface area (Å²) in [5, 5.41) is 0.222. The van der Waals surface area contributed by atoms with Crippen molar-refractivity contribution < 1.29 is 8.42 Å². The van der Waals surface area contributed by atoms with Gasteiger partial charge < -0.3 is 5.73 Å². The third kappa shape index (κ3) is 3.69. The van der Waals surface area contributed by atoms with Crippen molar-refractivity contribution >= 4 is 27.3 Å². The van der Waals surface area contributed by atoms with Crippen molar-refractivity contribution in [2.75, 3.05) is 12.3 Å². The minimum absolute atomic E-state index is 0.0999. The Morgan fingerprint density at radius 3 is 2.75 bits per heavy atom. The van der Waals surface area contributed by atoms with E-state index in [1.807, 2.05) is 12.1 Å². The monoisotopic (exact) mass is 311 g/mol. The molecule has 0 unspecified atom stereocenters. The lowest BCUT2D eigenvalue weighted by Gasteiger charge is -2.08. The smallest absolute Gasteiger partial charge is 0.240 e. The zero-order valence-electron chi connectivity index (χ0n) is 10.6. The van der Waals surface area contributed by atoms with Crippen molar-refractivity contribution in [2.45, 2.75) is 11.3 Å². The van der Waals surface area contributed by atoms with Gasteiger partial charge in [-0.15, -0.1) is 0 Å². The zero-order chi connectivity index (χ0) is 14.6. The minimum Gasteiger partial charge on any atom is -0.398 e. The normalized spacial score (nSPS) is 11.4. The first kappa shape index (κ1) is 14.8. The van der Waals surface area contributed by atoms with Crippen molar-refractivity contribution in [3.8, 4) is 0 Å². The van der Waals surface area contributed by atoms with E-state index >= 15 is 0 Å². The van der Waals surface area contributed by atoms with E-state index in [2.05, 4.69) is 9.71 Å². The molecule has 0 aliphatic rings. The predicted octanol–water partition coefficient (Wildman–Crippen LogP) is 1.84. The van der Waals surface area contributed by atoms with E-state index in [0.717, 1.165) is 5.56 Å².